The van der Waals surface area contributed by atoms with E-state index in [9.17, 15) is 8.42 Å². The Kier molecular flexibility index (Phi) is 4.07. The Morgan fingerprint density at radius 2 is 1.82 bits per heavy atom. The van der Waals surface area contributed by atoms with Crippen LogP contribution < -0.4 is 5.73 Å². The smallest absolute Gasteiger partial charge is 0.211 e. The second-order valence-corrected chi connectivity index (χ2v) is 7.38. The first-order valence-electron chi connectivity index (χ1n) is 6.38. The van der Waals surface area contributed by atoms with E-state index in [0.717, 1.165) is 38.4 Å². The van der Waals surface area contributed by atoms with Crippen molar-refractivity contribution in [3.63, 3.8) is 0 Å². The van der Waals surface area contributed by atoms with Crippen LogP contribution in [0.2, 0.25) is 0 Å². The summed E-state index contributed by atoms with van der Waals surface area (Å²) >= 11 is 0. The van der Waals surface area contributed by atoms with E-state index >= 15 is 0 Å². The summed E-state index contributed by atoms with van der Waals surface area (Å²) in [5, 5.41) is 0. The van der Waals surface area contributed by atoms with Crippen molar-refractivity contribution in [3.8, 4) is 0 Å². The Morgan fingerprint density at radius 3 is 2.29 bits per heavy atom. The molecule has 1 saturated heterocycles. The highest BCUT2D eigenvalue weighted by Gasteiger charge is 2.27. The number of nitrogens with zero attached hydrogens (tertiary/aromatic N) is 2. The van der Waals surface area contributed by atoms with Gasteiger partial charge in [0, 0.05) is 38.8 Å². The highest BCUT2D eigenvalue weighted by Crippen LogP contribution is 2.25. The lowest BCUT2D eigenvalue weighted by Crippen LogP contribution is -2.49. The molecule has 1 aliphatic carbocycles. The SMILES string of the molecule is CS(=O)(=O)N1CCN(CC2CCC(N)C2)CC1. The first-order valence-corrected chi connectivity index (χ1v) is 8.23. The van der Waals surface area contributed by atoms with E-state index in [1.807, 2.05) is 0 Å². The van der Waals surface area contributed by atoms with Gasteiger partial charge in [0.25, 0.3) is 0 Å². The molecule has 0 aromatic carbocycles. The van der Waals surface area contributed by atoms with Gasteiger partial charge in [-0.2, -0.15) is 4.31 Å². The van der Waals surface area contributed by atoms with Crippen LogP contribution in [-0.2, 0) is 10.0 Å². The number of hydrogen-bond donors (Lipinski definition) is 1. The van der Waals surface area contributed by atoms with Crippen molar-refractivity contribution in [2.75, 3.05) is 39.0 Å². The highest BCUT2D eigenvalue weighted by molar-refractivity contribution is 7.88. The number of rotatable bonds is 3. The zero-order valence-electron chi connectivity index (χ0n) is 10.5. The maximum Gasteiger partial charge on any atom is 0.211 e. The summed E-state index contributed by atoms with van der Waals surface area (Å²) in [4.78, 5) is 2.38. The molecule has 2 unspecified atom stereocenters. The normalized spacial score (nSPS) is 33.1. The summed E-state index contributed by atoms with van der Waals surface area (Å²) in [6.45, 7) is 4.08. The van der Waals surface area contributed by atoms with E-state index < -0.39 is 10.0 Å². The van der Waals surface area contributed by atoms with Gasteiger partial charge in [-0.1, -0.05) is 0 Å². The van der Waals surface area contributed by atoms with Crippen LogP contribution in [0.25, 0.3) is 0 Å². The second-order valence-electron chi connectivity index (χ2n) is 5.40. The maximum atomic E-state index is 11.4. The molecular weight excluding hydrogens is 238 g/mol. The molecule has 100 valence electrons. The quantitative estimate of drug-likeness (QED) is 0.757. The van der Waals surface area contributed by atoms with E-state index in [-0.39, 0.29) is 0 Å². The molecule has 6 heteroatoms. The molecule has 17 heavy (non-hydrogen) atoms. The molecule has 2 N–H and O–H groups in total. The van der Waals surface area contributed by atoms with Crippen molar-refractivity contribution < 1.29 is 8.42 Å². The van der Waals surface area contributed by atoms with Crippen LogP contribution in [-0.4, -0.2) is 62.6 Å². The van der Waals surface area contributed by atoms with Crippen molar-refractivity contribution in [1.82, 2.24) is 9.21 Å². The topological polar surface area (TPSA) is 66.6 Å². The van der Waals surface area contributed by atoms with E-state index in [0.29, 0.717) is 19.1 Å². The van der Waals surface area contributed by atoms with Gasteiger partial charge in [-0.25, -0.2) is 8.42 Å². The van der Waals surface area contributed by atoms with Crippen LogP contribution in [0.15, 0.2) is 0 Å². The van der Waals surface area contributed by atoms with Gasteiger partial charge in [0.05, 0.1) is 6.26 Å². The minimum atomic E-state index is -3.00. The average molecular weight is 261 g/mol. The van der Waals surface area contributed by atoms with Crippen molar-refractivity contribution in [3.05, 3.63) is 0 Å². The van der Waals surface area contributed by atoms with Gasteiger partial charge in [0.2, 0.25) is 10.0 Å². The fourth-order valence-electron chi connectivity index (χ4n) is 2.89. The Bertz CT molecular complexity index is 350. The van der Waals surface area contributed by atoms with Crippen molar-refractivity contribution in [2.24, 2.45) is 11.7 Å². The predicted molar refractivity (Wildman–Crippen MR) is 68.2 cm³/mol. The molecule has 2 fully saturated rings. The lowest BCUT2D eigenvalue weighted by Gasteiger charge is -2.34. The molecule has 0 aromatic rings. The molecule has 0 bridgehead atoms. The summed E-state index contributed by atoms with van der Waals surface area (Å²) in [5.74, 6) is 0.717. The summed E-state index contributed by atoms with van der Waals surface area (Å²) in [6, 6.07) is 0.386. The molecule has 5 nitrogen and oxygen atoms in total. The molecule has 2 rings (SSSR count). The van der Waals surface area contributed by atoms with Gasteiger partial charge >= 0.3 is 0 Å². The molecule has 1 saturated carbocycles. The first-order chi connectivity index (χ1) is 7.95. The molecule has 0 spiro atoms. The van der Waals surface area contributed by atoms with Crippen LogP contribution in [0.3, 0.4) is 0 Å². The molecule has 2 atom stereocenters. The first kappa shape index (κ1) is 13.3. The molecular formula is C11H23N3O2S. The number of piperazine rings is 1. The maximum absolute atomic E-state index is 11.4. The third-order valence-electron chi connectivity index (χ3n) is 3.90. The van der Waals surface area contributed by atoms with Gasteiger partial charge in [-0.15, -0.1) is 0 Å². The molecule has 0 radical (unpaired) electrons. The molecule has 1 aliphatic heterocycles. The fourth-order valence-corrected chi connectivity index (χ4v) is 3.71. The zero-order chi connectivity index (χ0) is 12.5. The van der Waals surface area contributed by atoms with Gasteiger partial charge < -0.3 is 10.6 Å². The Hall–Kier alpha value is -0.170. The number of sulfonamides is 1. The van der Waals surface area contributed by atoms with E-state index in [2.05, 4.69) is 4.90 Å². The third kappa shape index (κ3) is 3.64. The van der Waals surface area contributed by atoms with Crippen LogP contribution >= 0.6 is 0 Å². The predicted octanol–water partition coefficient (Wildman–Crippen LogP) is -0.309. The van der Waals surface area contributed by atoms with Crippen LogP contribution in [0.1, 0.15) is 19.3 Å². The zero-order valence-corrected chi connectivity index (χ0v) is 11.3. The molecule has 0 aromatic heterocycles. The standard InChI is InChI=1S/C11H23N3O2S/c1-17(15,16)14-6-4-13(5-7-14)9-10-2-3-11(12)8-10/h10-11H,2-9,12H2,1H3. The van der Waals surface area contributed by atoms with Gasteiger partial charge in [0.15, 0.2) is 0 Å². The summed E-state index contributed by atoms with van der Waals surface area (Å²) < 4.78 is 24.3. The number of hydrogen-bond acceptors (Lipinski definition) is 4. The average Bonchev–Trinajstić information content (AvgIpc) is 2.63. The van der Waals surface area contributed by atoms with Gasteiger partial charge in [-0.05, 0) is 25.2 Å². The van der Waals surface area contributed by atoms with Crippen LogP contribution in [0.4, 0.5) is 0 Å². The number of nitrogens with two attached hydrogens (primary N) is 1. The largest absolute Gasteiger partial charge is 0.328 e. The van der Waals surface area contributed by atoms with Gasteiger partial charge in [-0.3, -0.25) is 0 Å². The molecule has 0 amide bonds. The van der Waals surface area contributed by atoms with Crippen molar-refractivity contribution in [2.45, 2.75) is 25.3 Å². The Morgan fingerprint density at radius 1 is 1.18 bits per heavy atom. The summed E-state index contributed by atoms with van der Waals surface area (Å²) in [5.41, 5.74) is 5.90. The van der Waals surface area contributed by atoms with E-state index in [4.69, 9.17) is 5.73 Å². The van der Waals surface area contributed by atoms with Crippen molar-refractivity contribution >= 4 is 10.0 Å². The van der Waals surface area contributed by atoms with Crippen LogP contribution in [0.5, 0.6) is 0 Å². The third-order valence-corrected chi connectivity index (χ3v) is 5.20. The fraction of sp³-hybridized carbons (Fsp3) is 1.00. The summed E-state index contributed by atoms with van der Waals surface area (Å²) in [7, 11) is -3.00. The van der Waals surface area contributed by atoms with Crippen molar-refractivity contribution in [1.29, 1.82) is 0 Å². The lowest BCUT2D eigenvalue weighted by molar-refractivity contribution is 0.165. The van der Waals surface area contributed by atoms with Crippen LogP contribution in [0, 0.1) is 5.92 Å². The monoisotopic (exact) mass is 261 g/mol. The van der Waals surface area contributed by atoms with E-state index in [1.54, 1.807) is 4.31 Å². The molecule has 2 aliphatic rings. The lowest BCUT2D eigenvalue weighted by atomic mass is 10.1. The minimum Gasteiger partial charge on any atom is -0.328 e. The molecule has 1 heterocycles. The Balaban J connectivity index is 1.76. The van der Waals surface area contributed by atoms with Gasteiger partial charge in [0.1, 0.15) is 0 Å². The second kappa shape index (κ2) is 5.22. The highest BCUT2D eigenvalue weighted by atomic mass is 32.2. The van der Waals surface area contributed by atoms with E-state index in [1.165, 1.54) is 12.7 Å². The Labute approximate surface area is 104 Å². The summed E-state index contributed by atoms with van der Waals surface area (Å²) in [6.07, 6.45) is 4.80. The minimum absolute atomic E-state index is 0.386.